The van der Waals surface area contributed by atoms with Gasteiger partial charge in [-0.2, -0.15) is 0 Å². The third-order valence-corrected chi connectivity index (χ3v) is 3.30. The molecule has 0 saturated heterocycles. The van der Waals surface area contributed by atoms with Crippen molar-refractivity contribution in [1.29, 1.82) is 0 Å². The molecule has 3 N–H and O–H groups in total. The second-order valence-corrected chi connectivity index (χ2v) is 5.08. The van der Waals surface area contributed by atoms with E-state index in [9.17, 15) is 0 Å². The van der Waals surface area contributed by atoms with Crippen LogP contribution in [0.1, 0.15) is 19.4 Å². The van der Waals surface area contributed by atoms with Gasteiger partial charge in [0, 0.05) is 23.5 Å². The zero-order valence-corrected chi connectivity index (χ0v) is 11.0. The number of rotatable bonds is 4. The predicted molar refractivity (Wildman–Crippen MR) is 71.8 cm³/mol. The first-order valence-corrected chi connectivity index (χ1v) is 5.61. The summed E-state index contributed by atoms with van der Waals surface area (Å²) in [7, 11) is 4.18. The van der Waals surface area contributed by atoms with Crippen molar-refractivity contribution in [3.63, 3.8) is 0 Å². The molecule has 0 radical (unpaired) electrons. The van der Waals surface area contributed by atoms with Crippen LogP contribution in [0.25, 0.3) is 0 Å². The summed E-state index contributed by atoms with van der Waals surface area (Å²) in [6.45, 7) is 7.36. The Hall–Kier alpha value is -1.22. The number of anilines is 2. The molecule has 1 rings (SSSR count). The van der Waals surface area contributed by atoms with Gasteiger partial charge in [0.1, 0.15) is 0 Å². The summed E-state index contributed by atoms with van der Waals surface area (Å²) in [5, 5.41) is 3.45. The molecule has 0 fully saturated rings. The normalized spacial score (nSPS) is 11.9. The van der Waals surface area contributed by atoms with Crippen LogP contribution in [0.3, 0.4) is 0 Å². The van der Waals surface area contributed by atoms with Crippen molar-refractivity contribution in [2.24, 2.45) is 0 Å². The van der Waals surface area contributed by atoms with E-state index in [2.05, 4.69) is 44.2 Å². The average Bonchev–Trinajstić information content (AvgIpc) is 2.20. The van der Waals surface area contributed by atoms with Gasteiger partial charge in [-0.15, -0.1) is 0 Å². The van der Waals surface area contributed by atoms with Gasteiger partial charge >= 0.3 is 0 Å². The quantitative estimate of drug-likeness (QED) is 0.767. The maximum Gasteiger partial charge on any atom is 0.0391 e. The Balaban J connectivity index is 2.72. The fourth-order valence-electron chi connectivity index (χ4n) is 1.31. The molecule has 0 bridgehead atoms. The van der Waals surface area contributed by atoms with Gasteiger partial charge in [0.15, 0.2) is 0 Å². The predicted octanol–water partition coefficient (Wildman–Crippen LogP) is 2.33. The molecule has 0 atom stereocenters. The van der Waals surface area contributed by atoms with Crippen molar-refractivity contribution in [2.75, 3.05) is 31.7 Å². The van der Waals surface area contributed by atoms with Crippen LogP contribution in [0, 0.1) is 6.92 Å². The molecule has 90 valence electrons. The SMILES string of the molecule is Cc1c(N)cccc1NCC(C)(C)N(C)C. The van der Waals surface area contributed by atoms with Crippen LogP contribution in [0.15, 0.2) is 18.2 Å². The van der Waals surface area contributed by atoms with Crippen LogP contribution in [0.4, 0.5) is 11.4 Å². The van der Waals surface area contributed by atoms with Crippen LogP contribution < -0.4 is 11.1 Å². The molecule has 0 aliphatic rings. The van der Waals surface area contributed by atoms with E-state index >= 15 is 0 Å². The Morgan fingerprint density at radius 2 is 1.94 bits per heavy atom. The Morgan fingerprint density at radius 1 is 1.31 bits per heavy atom. The van der Waals surface area contributed by atoms with Gasteiger partial charge in [0.05, 0.1) is 0 Å². The highest BCUT2D eigenvalue weighted by molar-refractivity contribution is 5.62. The Morgan fingerprint density at radius 3 is 2.50 bits per heavy atom. The van der Waals surface area contributed by atoms with Crippen molar-refractivity contribution >= 4 is 11.4 Å². The largest absolute Gasteiger partial charge is 0.398 e. The number of hydrogen-bond acceptors (Lipinski definition) is 3. The zero-order chi connectivity index (χ0) is 12.3. The van der Waals surface area contributed by atoms with Gasteiger partial charge in [-0.3, -0.25) is 0 Å². The van der Waals surface area contributed by atoms with Crippen LogP contribution in [-0.2, 0) is 0 Å². The second kappa shape index (κ2) is 4.74. The van der Waals surface area contributed by atoms with E-state index in [0.29, 0.717) is 0 Å². The van der Waals surface area contributed by atoms with E-state index in [0.717, 1.165) is 23.5 Å². The molecule has 0 spiro atoms. The van der Waals surface area contributed by atoms with Crippen molar-refractivity contribution in [2.45, 2.75) is 26.3 Å². The molecule has 0 aliphatic carbocycles. The standard InChI is InChI=1S/C13H23N3/c1-10-11(14)7-6-8-12(10)15-9-13(2,3)16(4)5/h6-8,15H,9,14H2,1-5H3. The minimum atomic E-state index is 0.122. The number of nitrogen functional groups attached to an aromatic ring is 1. The third-order valence-electron chi connectivity index (χ3n) is 3.30. The van der Waals surface area contributed by atoms with Crippen molar-refractivity contribution < 1.29 is 0 Å². The number of likely N-dealkylation sites (N-methyl/N-ethyl adjacent to an activating group) is 1. The lowest BCUT2D eigenvalue weighted by Gasteiger charge is -2.33. The molecule has 0 amide bonds. The Labute approximate surface area is 98.6 Å². The van der Waals surface area contributed by atoms with E-state index in [1.54, 1.807) is 0 Å². The molecule has 0 aromatic heterocycles. The monoisotopic (exact) mass is 221 g/mol. The summed E-state index contributed by atoms with van der Waals surface area (Å²) in [6, 6.07) is 5.97. The van der Waals surface area contributed by atoms with E-state index in [4.69, 9.17) is 5.73 Å². The lowest BCUT2D eigenvalue weighted by atomic mass is 10.0. The highest BCUT2D eigenvalue weighted by atomic mass is 15.2. The van der Waals surface area contributed by atoms with Crippen LogP contribution in [0.2, 0.25) is 0 Å². The van der Waals surface area contributed by atoms with E-state index in [-0.39, 0.29) is 5.54 Å². The number of hydrogen-bond donors (Lipinski definition) is 2. The van der Waals surface area contributed by atoms with Crippen LogP contribution in [-0.4, -0.2) is 31.1 Å². The van der Waals surface area contributed by atoms with Crippen molar-refractivity contribution in [1.82, 2.24) is 4.90 Å². The fraction of sp³-hybridized carbons (Fsp3) is 0.538. The van der Waals surface area contributed by atoms with Gasteiger partial charge in [-0.25, -0.2) is 0 Å². The summed E-state index contributed by atoms with van der Waals surface area (Å²) in [4.78, 5) is 2.21. The molecule has 3 heteroatoms. The molecule has 1 aromatic carbocycles. The first-order chi connectivity index (χ1) is 7.34. The van der Waals surface area contributed by atoms with E-state index in [1.165, 1.54) is 0 Å². The molecule has 0 unspecified atom stereocenters. The van der Waals surface area contributed by atoms with Crippen molar-refractivity contribution in [3.05, 3.63) is 23.8 Å². The average molecular weight is 221 g/mol. The highest BCUT2D eigenvalue weighted by Gasteiger charge is 2.20. The molecule has 3 nitrogen and oxygen atoms in total. The summed E-state index contributed by atoms with van der Waals surface area (Å²) in [5.41, 5.74) is 9.07. The molecular weight excluding hydrogens is 198 g/mol. The smallest absolute Gasteiger partial charge is 0.0391 e. The van der Waals surface area contributed by atoms with Gasteiger partial charge in [0.2, 0.25) is 0 Å². The van der Waals surface area contributed by atoms with Gasteiger partial charge in [-0.05, 0) is 52.6 Å². The molecule has 1 aromatic rings. The Bertz CT molecular complexity index is 356. The van der Waals surface area contributed by atoms with Crippen LogP contribution >= 0.6 is 0 Å². The highest BCUT2D eigenvalue weighted by Crippen LogP contribution is 2.21. The lowest BCUT2D eigenvalue weighted by molar-refractivity contribution is 0.210. The van der Waals surface area contributed by atoms with Crippen LogP contribution in [0.5, 0.6) is 0 Å². The fourth-order valence-corrected chi connectivity index (χ4v) is 1.31. The van der Waals surface area contributed by atoms with E-state index in [1.807, 2.05) is 19.1 Å². The molecular formula is C13H23N3. The first kappa shape index (κ1) is 12.8. The van der Waals surface area contributed by atoms with Gasteiger partial charge < -0.3 is 16.0 Å². The van der Waals surface area contributed by atoms with Gasteiger partial charge in [-0.1, -0.05) is 6.07 Å². The Kier molecular flexibility index (Phi) is 3.81. The summed E-state index contributed by atoms with van der Waals surface area (Å²) in [5.74, 6) is 0. The molecule has 0 heterocycles. The molecule has 16 heavy (non-hydrogen) atoms. The van der Waals surface area contributed by atoms with Gasteiger partial charge in [0.25, 0.3) is 0 Å². The lowest BCUT2D eigenvalue weighted by Crippen LogP contribution is -2.44. The maximum absolute atomic E-state index is 5.87. The maximum atomic E-state index is 5.87. The summed E-state index contributed by atoms with van der Waals surface area (Å²) < 4.78 is 0. The second-order valence-electron chi connectivity index (χ2n) is 5.08. The summed E-state index contributed by atoms with van der Waals surface area (Å²) >= 11 is 0. The number of nitrogens with one attached hydrogen (secondary N) is 1. The molecule has 0 aliphatic heterocycles. The number of nitrogens with zero attached hydrogens (tertiary/aromatic N) is 1. The van der Waals surface area contributed by atoms with Crippen molar-refractivity contribution in [3.8, 4) is 0 Å². The molecule has 0 saturated carbocycles. The van der Waals surface area contributed by atoms with E-state index < -0.39 is 0 Å². The topological polar surface area (TPSA) is 41.3 Å². The zero-order valence-electron chi connectivity index (χ0n) is 11.0. The first-order valence-electron chi connectivity index (χ1n) is 5.61. The minimum Gasteiger partial charge on any atom is -0.398 e. The third kappa shape index (κ3) is 2.89. The number of nitrogens with two attached hydrogens (primary N) is 1. The number of benzene rings is 1. The summed E-state index contributed by atoms with van der Waals surface area (Å²) in [6.07, 6.45) is 0. The minimum absolute atomic E-state index is 0.122.